The molecule has 1 saturated heterocycles. The number of unbranched alkanes of at least 4 members (excludes halogenated alkanes) is 3. The third-order valence-electron chi connectivity index (χ3n) is 6.51. The number of para-hydroxylation sites is 1. The predicted molar refractivity (Wildman–Crippen MR) is 140 cm³/mol. The number of rotatable bonds is 14. The molecule has 6 heteroatoms. The van der Waals surface area contributed by atoms with E-state index in [0.29, 0.717) is 17.9 Å². The zero-order chi connectivity index (χ0) is 25.2. The fourth-order valence-electron chi connectivity index (χ4n) is 4.43. The van der Waals surface area contributed by atoms with Gasteiger partial charge in [0.15, 0.2) is 0 Å². The minimum atomic E-state index is -2.61. The average Bonchev–Trinajstić information content (AvgIpc) is 2.79. The van der Waals surface area contributed by atoms with Crippen molar-refractivity contribution in [3.05, 3.63) is 45.6 Å². The Morgan fingerprint density at radius 2 is 1.44 bits per heavy atom. The fraction of sp³-hybridized carbons (Fsp3) is 0.571. The van der Waals surface area contributed by atoms with Gasteiger partial charge in [0, 0.05) is 0 Å². The maximum absolute atomic E-state index is 12.4. The second-order valence-corrected chi connectivity index (χ2v) is 23.4. The van der Waals surface area contributed by atoms with Crippen LogP contribution in [0.25, 0.3) is 6.08 Å². The molecule has 0 radical (unpaired) electrons. The summed E-state index contributed by atoms with van der Waals surface area (Å²) in [4.78, 5) is 24.8. The Morgan fingerprint density at radius 3 is 1.94 bits per heavy atom. The summed E-state index contributed by atoms with van der Waals surface area (Å²) in [5, 5.41) is 0. The Bertz CT molecular complexity index is 843. The first-order chi connectivity index (χ1) is 16.2. The summed E-state index contributed by atoms with van der Waals surface area (Å²) in [5.74, 6) is -2.00. The number of cyclic esters (lactones) is 2. The van der Waals surface area contributed by atoms with E-state index in [4.69, 9.17) is 14.2 Å². The van der Waals surface area contributed by atoms with Gasteiger partial charge in [0.25, 0.3) is 0 Å². The fourth-order valence-corrected chi connectivity index (χ4v) is 19.5. The molecule has 0 amide bonds. The molecule has 1 aromatic carbocycles. The summed E-state index contributed by atoms with van der Waals surface area (Å²) in [7, 11) is 0. The normalized spacial score (nSPS) is 15.5. The third kappa shape index (κ3) is 7.89. The molecule has 0 spiro atoms. The van der Waals surface area contributed by atoms with Gasteiger partial charge >= 0.3 is 210 Å². The van der Waals surface area contributed by atoms with Crippen LogP contribution in [0.15, 0.2) is 40.0 Å². The van der Waals surface area contributed by atoms with Crippen molar-refractivity contribution in [2.75, 3.05) is 6.61 Å². The Kier molecular flexibility index (Phi) is 11.2. The van der Waals surface area contributed by atoms with Crippen LogP contribution in [0.2, 0.25) is 13.3 Å². The van der Waals surface area contributed by atoms with Crippen LogP contribution in [-0.2, 0) is 19.1 Å². The summed E-state index contributed by atoms with van der Waals surface area (Å²) < 4.78 is 22.1. The summed E-state index contributed by atoms with van der Waals surface area (Å²) in [5.41, 5.74) is 0.520. The van der Waals surface area contributed by atoms with E-state index in [1.165, 1.54) is 75.3 Å². The molecule has 1 aliphatic heterocycles. The SMILES string of the molecule is C=[C](COc1ccccc1C=C1C(=O)OC(C)(C)OC1=O)[Sn]([CH2]CCC)([CH2]CCC)[CH2]CCC. The molecule has 0 aromatic heterocycles. The van der Waals surface area contributed by atoms with Crippen LogP contribution >= 0.6 is 0 Å². The molecule has 2 rings (SSSR count). The molecule has 0 bridgehead atoms. The average molecular weight is 577 g/mol. The topological polar surface area (TPSA) is 61.8 Å². The molecule has 1 aromatic rings. The van der Waals surface area contributed by atoms with Gasteiger partial charge in [0.1, 0.15) is 0 Å². The van der Waals surface area contributed by atoms with Gasteiger partial charge in [-0.25, -0.2) is 0 Å². The zero-order valence-electron chi connectivity index (χ0n) is 21.7. The Morgan fingerprint density at radius 1 is 0.941 bits per heavy atom. The molecule has 34 heavy (non-hydrogen) atoms. The van der Waals surface area contributed by atoms with Crippen molar-refractivity contribution in [2.45, 2.75) is 92.2 Å². The summed E-state index contributed by atoms with van der Waals surface area (Å²) in [6, 6.07) is 7.44. The van der Waals surface area contributed by atoms with Crippen molar-refractivity contribution in [3.63, 3.8) is 0 Å². The van der Waals surface area contributed by atoms with E-state index in [9.17, 15) is 9.59 Å². The van der Waals surface area contributed by atoms with E-state index >= 15 is 0 Å². The van der Waals surface area contributed by atoms with Gasteiger partial charge in [0.2, 0.25) is 0 Å². The van der Waals surface area contributed by atoms with Gasteiger partial charge in [-0.3, -0.25) is 0 Å². The molecule has 0 unspecified atom stereocenters. The van der Waals surface area contributed by atoms with Crippen molar-refractivity contribution in [3.8, 4) is 5.75 Å². The quantitative estimate of drug-likeness (QED) is 0.101. The van der Waals surface area contributed by atoms with E-state index < -0.39 is 36.1 Å². The van der Waals surface area contributed by atoms with Crippen molar-refractivity contribution in [2.24, 2.45) is 0 Å². The molecule has 5 nitrogen and oxygen atoms in total. The molecule has 0 N–H and O–H groups in total. The van der Waals surface area contributed by atoms with Crippen LogP contribution in [0.1, 0.15) is 78.7 Å². The van der Waals surface area contributed by atoms with Crippen LogP contribution in [-0.4, -0.2) is 42.7 Å². The third-order valence-corrected chi connectivity index (χ3v) is 22.4. The Hall–Kier alpha value is -1.76. The van der Waals surface area contributed by atoms with Crippen LogP contribution in [0.3, 0.4) is 0 Å². The van der Waals surface area contributed by atoms with Crippen LogP contribution in [0, 0.1) is 0 Å². The van der Waals surface area contributed by atoms with Gasteiger partial charge < -0.3 is 0 Å². The Labute approximate surface area is 209 Å². The summed E-state index contributed by atoms with van der Waals surface area (Å²) >= 11 is -2.61. The van der Waals surface area contributed by atoms with Gasteiger partial charge in [-0.1, -0.05) is 0 Å². The van der Waals surface area contributed by atoms with Crippen LogP contribution in [0.5, 0.6) is 5.75 Å². The second-order valence-electron chi connectivity index (χ2n) is 9.76. The second kappa shape index (κ2) is 13.4. The van der Waals surface area contributed by atoms with Gasteiger partial charge in [-0.15, -0.1) is 0 Å². The van der Waals surface area contributed by atoms with Crippen molar-refractivity contribution in [1.82, 2.24) is 0 Å². The molecular formula is C28H42O5Sn. The van der Waals surface area contributed by atoms with Crippen molar-refractivity contribution < 1.29 is 23.8 Å². The van der Waals surface area contributed by atoms with E-state index in [-0.39, 0.29) is 5.57 Å². The number of carbonyl (C=O) groups is 2. The van der Waals surface area contributed by atoms with Gasteiger partial charge in [-0.2, -0.15) is 0 Å². The number of carbonyl (C=O) groups excluding carboxylic acids is 2. The summed E-state index contributed by atoms with van der Waals surface area (Å²) in [6.45, 7) is 15.0. The predicted octanol–water partition coefficient (Wildman–Crippen LogP) is 7.23. The molecule has 1 heterocycles. The van der Waals surface area contributed by atoms with E-state index in [2.05, 4.69) is 27.4 Å². The number of benzene rings is 1. The first-order valence-electron chi connectivity index (χ1n) is 12.8. The van der Waals surface area contributed by atoms with Gasteiger partial charge in [0.05, 0.1) is 0 Å². The standard InChI is InChI=1S/C16H15O5.3C4H9.Sn/c1-4-9-19-13-8-6-5-7-11(13)10-12-14(17)20-16(2,3)21-15(12)18;3*1-3-4-2;/h5-8,10H,1,9H2,2-3H3;3*1,3-4H2,2H3;. The molecule has 188 valence electrons. The number of esters is 2. The number of ether oxygens (including phenoxy) is 3. The van der Waals surface area contributed by atoms with Crippen molar-refractivity contribution >= 4 is 36.4 Å². The Balaban J connectivity index is 2.24. The molecule has 0 atom stereocenters. The molecule has 1 aliphatic rings. The first-order valence-corrected chi connectivity index (χ1v) is 20.2. The van der Waals surface area contributed by atoms with Crippen LogP contribution < -0.4 is 4.74 Å². The number of hydrogen-bond acceptors (Lipinski definition) is 5. The van der Waals surface area contributed by atoms with E-state index in [0.717, 1.165) is 0 Å². The number of hydrogen-bond donors (Lipinski definition) is 0. The monoisotopic (exact) mass is 578 g/mol. The minimum absolute atomic E-state index is 0.128. The molecule has 1 fully saturated rings. The zero-order valence-corrected chi connectivity index (χ0v) is 24.6. The summed E-state index contributed by atoms with van der Waals surface area (Å²) in [6.07, 6.45) is 8.95. The van der Waals surface area contributed by atoms with Crippen molar-refractivity contribution in [1.29, 1.82) is 0 Å². The van der Waals surface area contributed by atoms with E-state index in [1.54, 1.807) is 0 Å². The molecular weight excluding hydrogens is 535 g/mol. The van der Waals surface area contributed by atoms with Gasteiger partial charge in [-0.05, 0) is 0 Å². The maximum atomic E-state index is 12.4. The first kappa shape index (κ1) is 28.5. The van der Waals surface area contributed by atoms with E-state index in [1.807, 2.05) is 24.3 Å². The molecule has 0 aliphatic carbocycles. The molecule has 0 saturated carbocycles. The van der Waals surface area contributed by atoms with Crippen LogP contribution in [0.4, 0.5) is 0 Å².